The normalized spacial score (nSPS) is 23.7. The Morgan fingerprint density at radius 1 is 1.16 bits per heavy atom. The summed E-state index contributed by atoms with van der Waals surface area (Å²) in [6.45, 7) is 1.72. The molecule has 1 saturated heterocycles. The number of nitrogens with one attached hydrogen (secondary N) is 1. The zero-order valence-electron chi connectivity index (χ0n) is 11.1. The predicted molar refractivity (Wildman–Crippen MR) is 77.1 cm³/mol. The topological polar surface area (TPSA) is 46.2 Å². The molecule has 1 atom stereocenters. The summed E-state index contributed by atoms with van der Waals surface area (Å²) in [6.07, 6.45) is 3.22. The van der Waals surface area contributed by atoms with Crippen molar-refractivity contribution in [2.24, 2.45) is 5.92 Å². The van der Waals surface area contributed by atoms with Crippen LogP contribution in [0.15, 0.2) is 24.3 Å². The molecule has 1 aliphatic heterocycles. The standard InChI is InChI=1S/C15H21NO2S/c17-19(18,10-12-8-16-9-12)11-14-6-3-5-13-4-1-2-7-15(13)14/h1-2,4,7,12,14,16H,3,5-6,8-11H2. The molecule has 1 aliphatic carbocycles. The number of fused-ring (bicyclic) bond motifs is 1. The SMILES string of the molecule is O=S(=O)(CC1CNC1)CC1CCCc2ccccc21. The van der Waals surface area contributed by atoms with Crippen LogP contribution in [-0.4, -0.2) is 33.0 Å². The van der Waals surface area contributed by atoms with E-state index in [-0.39, 0.29) is 5.92 Å². The first kappa shape index (κ1) is 13.1. The molecular weight excluding hydrogens is 258 g/mol. The van der Waals surface area contributed by atoms with Gasteiger partial charge in [-0.2, -0.15) is 0 Å². The van der Waals surface area contributed by atoms with E-state index in [0.717, 1.165) is 32.4 Å². The van der Waals surface area contributed by atoms with Crippen LogP contribution in [0.1, 0.15) is 29.9 Å². The van der Waals surface area contributed by atoms with Crippen LogP contribution >= 0.6 is 0 Å². The highest BCUT2D eigenvalue weighted by molar-refractivity contribution is 7.91. The molecule has 3 nitrogen and oxygen atoms in total. The molecule has 1 heterocycles. The van der Waals surface area contributed by atoms with Gasteiger partial charge in [-0.15, -0.1) is 0 Å². The van der Waals surface area contributed by atoms with Crippen LogP contribution in [0.5, 0.6) is 0 Å². The van der Waals surface area contributed by atoms with Gasteiger partial charge in [-0.3, -0.25) is 0 Å². The first-order chi connectivity index (χ1) is 9.14. The van der Waals surface area contributed by atoms with Crippen molar-refractivity contribution in [3.63, 3.8) is 0 Å². The molecule has 19 heavy (non-hydrogen) atoms. The van der Waals surface area contributed by atoms with Gasteiger partial charge in [0, 0.05) is 13.1 Å². The maximum atomic E-state index is 12.3. The second-order valence-electron chi connectivity index (χ2n) is 5.89. The second-order valence-corrected chi connectivity index (χ2v) is 8.04. The molecule has 1 fully saturated rings. The van der Waals surface area contributed by atoms with E-state index >= 15 is 0 Å². The maximum absolute atomic E-state index is 12.3. The summed E-state index contributed by atoms with van der Waals surface area (Å²) in [7, 11) is -2.92. The number of hydrogen-bond donors (Lipinski definition) is 1. The van der Waals surface area contributed by atoms with E-state index in [1.807, 2.05) is 6.07 Å². The average Bonchev–Trinajstić information content (AvgIpc) is 2.34. The largest absolute Gasteiger partial charge is 0.316 e. The van der Waals surface area contributed by atoms with E-state index in [4.69, 9.17) is 0 Å². The first-order valence-electron chi connectivity index (χ1n) is 7.13. The minimum Gasteiger partial charge on any atom is -0.316 e. The lowest BCUT2D eigenvalue weighted by atomic mass is 9.84. The number of aryl methyl sites for hydroxylation is 1. The third kappa shape index (κ3) is 3.00. The summed E-state index contributed by atoms with van der Waals surface area (Å²) in [4.78, 5) is 0. The van der Waals surface area contributed by atoms with Gasteiger partial charge in [-0.1, -0.05) is 24.3 Å². The summed E-state index contributed by atoms with van der Waals surface area (Å²) < 4.78 is 24.6. The fraction of sp³-hybridized carbons (Fsp3) is 0.600. The van der Waals surface area contributed by atoms with E-state index in [2.05, 4.69) is 23.5 Å². The highest BCUT2D eigenvalue weighted by Gasteiger charge is 2.29. The molecule has 1 N–H and O–H groups in total. The van der Waals surface area contributed by atoms with Crippen molar-refractivity contribution in [1.82, 2.24) is 5.32 Å². The molecular formula is C15H21NO2S. The van der Waals surface area contributed by atoms with E-state index in [1.165, 1.54) is 11.1 Å². The molecule has 3 rings (SSSR count). The smallest absolute Gasteiger partial charge is 0.151 e. The predicted octanol–water partition coefficient (Wildman–Crippen LogP) is 1.74. The molecule has 1 unspecified atom stereocenters. The van der Waals surface area contributed by atoms with E-state index < -0.39 is 9.84 Å². The van der Waals surface area contributed by atoms with Gasteiger partial charge in [-0.25, -0.2) is 8.42 Å². The molecule has 0 amide bonds. The van der Waals surface area contributed by atoms with Crippen molar-refractivity contribution >= 4 is 9.84 Å². The Morgan fingerprint density at radius 3 is 2.68 bits per heavy atom. The summed E-state index contributed by atoms with van der Waals surface area (Å²) in [5.74, 6) is 1.24. The minimum absolute atomic E-state index is 0.211. The molecule has 1 aromatic rings. The zero-order chi connectivity index (χ0) is 13.3. The van der Waals surface area contributed by atoms with Gasteiger partial charge in [0.2, 0.25) is 0 Å². The maximum Gasteiger partial charge on any atom is 0.151 e. The molecule has 1 aromatic carbocycles. The van der Waals surface area contributed by atoms with Gasteiger partial charge in [0.05, 0.1) is 11.5 Å². The van der Waals surface area contributed by atoms with Crippen LogP contribution < -0.4 is 5.32 Å². The fourth-order valence-electron chi connectivity index (χ4n) is 3.23. The van der Waals surface area contributed by atoms with Gasteiger partial charge >= 0.3 is 0 Å². The average molecular weight is 279 g/mol. The van der Waals surface area contributed by atoms with E-state index in [1.54, 1.807) is 0 Å². The monoisotopic (exact) mass is 279 g/mol. The molecule has 0 saturated carbocycles. The first-order valence-corrected chi connectivity index (χ1v) is 8.95. The molecule has 104 valence electrons. The quantitative estimate of drug-likeness (QED) is 0.913. The fourth-order valence-corrected chi connectivity index (χ4v) is 5.28. The third-order valence-electron chi connectivity index (χ3n) is 4.30. The van der Waals surface area contributed by atoms with Crippen LogP contribution in [0, 0.1) is 5.92 Å². The van der Waals surface area contributed by atoms with E-state index in [9.17, 15) is 8.42 Å². The van der Waals surface area contributed by atoms with E-state index in [0.29, 0.717) is 17.4 Å². The summed E-state index contributed by atoms with van der Waals surface area (Å²) in [5, 5.41) is 3.14. The summed E-state index contributed by atoms with van der Waals surface area (Å²) in [5.41, 5.74) is 2.61. The number of hydrogen-bond acceptors (Lipinski definition) is 3. The van der Waals surface area contributed by atoms with Crippen molar-refractivity contribution < 1.29 is 8.42 Å². The Hall–Kier alpha value is -0.870. The van der Waals surface area contributed by atoms with Crippen molar-refractivity contribution in [2.45, 2.75) is 25.2 Å². The van der Waals surface area contributed by atoms with Gasteiger partial charge in [0.25, 0.3) is 0 Å². The van der Waals surface area contributed by atoms with Crippen molar-refractivity contribution in [1.29, 1.82) is 0 Å². The van der Waals surface area contributed by atoms with Gasteiger partial charge in [0.15, 0.2) is 9.84 Å². The zero-order valence-corrected chi connectivity index (χ0v) is 12.0. The number of rotatable bonds is 4. The molecule has 2 aliphatic rings. The second kappa shape index (κ2) is 5.25. The highest BCUT2D eigenvalue weighted by atomic mass is 32.2. The lowest BCUT2D eigenvalue weighted by molar-refractivity contribution is 0.378. The number of sulfone groups is 1. The Balaban J connectivity index is 1.73. The Bertz CT molecular complexity index is 549. The summed E-state index contributed by atoms with van der Waals surface area (Å²) >= 11 is 0. The van der Waals surface area contributed by atoms with Crippen LogP contribution in [0.25, 0.3) is 0 Å². The summed E-state index contributed by atoms with van der Waals surface area (Å²) in [6, 6.07) is 8.33. The van der Waals surface area contributed by atoms with Crippen LogP contribution in [0.4, 0.5) is 0 Å². The molecule has 0 aromatic heterocycles. The minimum atomic E-state index is -2.92. The van der Waals surface area contributed by atoms with Gasteiger partial charge < -0.3 is 5.32 Å². The Kier molecular flexibility index (Phi) is 3.63. The van der Waals surface area contributed by atoms with Gasteiger partial charge in [0.1, 0.15) is 0 Å². The van der Waals surface area contributed by atoms with Crippen molar-refractivity contribution in [2.75, 3.05) is 24.6 Å². The molecule has 4 heteroatoms. The lowest BCUT2D eigenvalue weighted by Crippen LogP contribution is -2.46. The highest BCUT2D eigenvalue weighted by Crippen LogP contribution is 2.32. The van der Waals surface area contributed by atoms with Crippen molar-refractivity contribution in [3.05, 3.63) is 35.4 Å². The van der Waals surface area contributed by atoms with Crippen LogP contribution in [0.2, 0.25) is 0 Å². The van der Waals surface area contributed by atoms with Gasteiger partial charge in [-0.05, 0) is 42.2 Å². The molecule has 0 spiro atoms. The Labute approximate surface area is 115 Å². The lowest BCUT2D eigenvalue weighted by Gasteiger charge is -2.29. The third-order valence-corrected chi connectivity index (χ3v) is 6.19. The molecule has 0 radical (unpaired) electrons. The molecule has 0 bridgehead atoms. The van der Waals surface area contributed by atoms with Crippen LogP contribution in [0.3, 0.4) is 0 Å². The number of benzene rings is 1. The Morgan fingerprint density at radius 2 is 1.95 bits per heavy atom. The van der Waals surface area contributed by atoms with Crippen molar-refractivity contribution in [3.8, 4) is 0 Å². The van der Waals surface area contributed by atoms with Crippen LogP contribution in [-0.2, 0) is 16.3 Å².